The molecule has 1 aromatic carbocycles. The molecule has 0 saturated carbocycles. The van der Waals surface area contributed by atoms with E-state index in [0.717, 1.165) is 32.0 Å². The molecule has 1 heterocycles. The third kappa shape index (κ3) is 5.28. The quantitative estimate of drug-likeness (QED) is 0.397. The third-order valence-electron chi connectivity index (χ3n) is 3.77. The van der Waals surface area contributed by atoms with Crippen molar-refractivity contribution < 1.29 is 5.11 Å². The number of nitrogens with zero attached hydrogens (tertiary/aromatic N) is 2. The summed E-state index contributed by atoms with van der Waals surface area (Å²) in [6, 6.07) is 10.6. The molecule has 0 fully saturated rings. The van der Waals surface area contributed by atoms with Crippen molar-refractivity contribution >= 4 is 16.9 Å². The molecule has 0 spiro atoms. The van der Waals surface area contributed by atoms with Crippen LogP contribution < -0.4 is 10.6 Å². The Balaban J connectivity index is 1.80. The van der Waals surface area contributed by atoms with E-state index in [4.69, 9.17) is 5.11 Å². The number of rotatable bonds is 8. The van der Waals surface area contributed by atoms with E-state index in [9.17, 15) is 0 Å². The highest BCUT2D eigenvalue weighted by molar-refractivity contribution is 5.80. The van der Waals surface area contributed by atoms with E-state index in [1.54, 1.807) is 0 Å². The van der Waals surface area contributed by atoms with Crippen LogP contribution in [0.1, 0.15) is 20.3 Å². The first kappa shape index (κ1) is 17.3. The van der Waals surface area contributed by atoms with Gasteiger partial charge in [0.05, 0.1) is 0 Å². The molecular formula is C18H28N4O. The average Bonchev–Trinajstić information content (AvgIpc) is 2.99. The number of benzene rings is 1. The van der Waals surface area contributed by atoms with E-state index in [1.165, 1.54) is 10.9 Å². The van der Waals surface area contributed by atoms with E-state index >= 15 is 0 Å². The lowest BCUT2D eigenvalue weighted by molar-refractivity contribution is 0.241. The van der Waals surface area contributed by atoms with Crippen molar-refractivity contribution in [1.29, 1.82) is 0 Å². The summed E-state index contributed by atoms with van der Waals surface area (Å²) >= 11 is 0. The zero-order chi connectivity index (χ0) is 16.5. The number of nitrogens with one attached hydrogen (secondary N) is 2. The van der Waals surface area contributed by atoms with E-state index in [-0.39, 0.29) is 12.5 Å². The van der Waals surface area contributed by atoms with Gasteiger partial charge in [-0.15, -0.1) is 0 Å². The van der Waals surface area contributed by atoms with Crippen molar-refractivity contribution in [2.45, 2.75) is 26.8 Å². The number of aromatic nitrogens is 1. The fraction of sp³-hybridized carbons (Fsp3) is 0.500. The number of guanidine groups is 1. The summed E-state index contributed by atoms with van der Waals surface area (Å²) in [5.74, 6) is 1.02. The number of hydrogen-bond acceptors (Lipinski definition) is 2. The first-order chi connectivity index (χ1) is 11.2. The maximum absolute atomic E-state index is 9.07. The van der Waals surface area contributed by atoms with Gasteiger partial charge in [-0.3, -0.25) is 4.99 Å². The van der Waals surface area contributed by atoms with E-state index in [2.05, 4.69) is 63.6 Å². The van der Waals surface area contributed by atoms with Gasteiger partial charge in [0.25, 0.3) is 0 Å². The second-order valence-corrected chi connectivity index (χ2v) is 5.86. The Morgan fingerprint density at radius 1 is 1.26 bits per heavy atom. The van der Waals surface area contributed by atoms with E-state index in [1.807, 2.05) is 6.92 Å². The van der Waals surface area contributed by atoms with Gasteiger partial charge in [-0.1, -0.05) is 25.1 Å². The van der Waals surface area contributed by atoms with Crippen LogP contribution in [0.5, 0.6) is 0 Å². The minimum atomic E-state index is 0.170. The monoisotopic (exact) mass is 316 g/mol. The summed E-state index contributed by atoms with van der Waals surface area (Å²) in [4.78, 5) is 4.50. The largest absolute Gasteiger partial charge is 0.396 e. The van der Waals surface area contributed by atoms with Crippen LogP contribution in [-0.2, 0) is 6.54 Å². The maximum Gasteiger partial charge on any atom is 0.191 e. The summed E-state index contributed by atoms with van der Waals surface area (Å²) in [6.45, 7) is 7.53. The van der Waals surface area contributed by atoms with Crippen LogP contribution in [0.3, 0.4) is 0 Å². The molecule has 0 amide bonds. The molecule has 5 heteroatoms. The van der Waals surface area contributed by atoms with Gasteiger partial charge >= 0.3 is 0 Å². The third-order valence-corrected chi connectivity index (χ3v) is 3.77. The van der Waals surface area contributed by atoms with Crippen molar-refractivity contribution in [3.05, 3.63) is 36.5 Å². The van der Waals surface area contributed by atoms with Crippen molar-refractivity contribution in [2.24, 2.45) is 10.9 Å². The standard InChI is InChI=1S/C18H28N4O/c1-3-19-18(21-13-15(2)14-23)20-10-6-11-22-12-9-16-7-4-5-8-17(16)22/h4-5,7-9,12,15,23H,3,6,10-11,13-14H2,1-2H3,(H2,19,20,21). The minimum absolute atomic E-state index is 0.170. The number of fused-ring (bicyclic) bond motifs is 1. The highest BCUT2D eigenvalue weighted by atomic mass is 16.3. The molecule has 1 atom stereocenters. The summed E-state index contributed by atoms with van der Waals surface area (Å²) in [7, 11) is 0. The Morgan fingerprint density at radius 3 is 2.87 bits per heavy atom. The minimum Gasteiger partial charge on any atom is -0.396 e. The van der Waals surface area contributed by atoms with Crippen LogP contribution in [0, 0.1) is 5.92 Å². The van der Waals surface area contributed by atoms with Crippen LogP contribution in [0.15, 0.2) is 41.5 Å². The lowest BCUT2D eigenvalue weighted by Gasteiger charge is -2.13. The summed E-state index contributed by atoms with van der Waals surface area (Å²) in [6.07, 6.45) is 3.17. The highest BCUT2D eigenvalue weighted by Crippen LogP contribution is 2.15. The van der Waals surface area contributed by atoms with Crippen molar-refractivity contribution in [3.8, 4) is 0 Å². The predicted octanol–water partition coefficient (Wildman–Crippen LogP) is 2.21. The molecule has 3 N–H and O–H groups in total. The van der Waals surface area contributed by atoms with Gasteiger partial charge in [-0.2, -0.15) is 0 Å². The number of aliphatic hydroxyl groups excluding tert-OH is 1. The molecule has 0 aliphatic carbocycles. The zero-order valence-electron chi connectivity index (χ0n) is 14.1. The lowest BCUT2D eigenvalue weighted by atomic mass is 10.2. The molecule has 23 heavy (non-hydrogen) atoms. The van der Waals surface area contributed by atoms with Crippen molar-refractivity contribution in [2.75, 3.05) is 26.2 Å². The van der Waals surface area contributed by atoms with Crippen LogP contribution in [0.4, 0.5) is 0 Å². The molecule has 1 unspecified atom stereocenters. The second-order valence-electron chi connectivity index (χ2n) is 5.86. The molecule has 0 aliphatic heterocycles. The molecular weight excluding hydrogens is 288 g/mol. The number of aliphatic hydroxyl groups is 1. The normalized spacial score (nSPS) is 13.3. The van der Waals surface area contributed by atoms with Gasteiger partial charge in [0.2, 0.25) is 0 Å². The average molecular weight is 316 g/mol. The van der Waals surface area contributed by atoms with Gasteiger partial charge in [-0.05, 0) is 36.8 Å². The molecule has 0 aliphatic rings. The van der Waals surface area contributed by atoms with E-state index < -0.39 is 0 Å². The Bertz CT molecular complexity index is 620. The zero-order valence-corrected chi connectivity index (χ0v) is 14.1. The molecule has 2 rings (SSSR count). The maximum atomic E-state index is 9.07. The Hall–Kier alpha value is -2.01. The summed E-state index contributed by atoms with van der Waals surface area (Å²) in [5.41, 5.74) is 1.28. The predicted molar refractivity (Wildman–Crippen MR) is 96.8 cm³/mol. The Kier molecular flexibility index (Phi) is 6.94. The van der Waals surface area contributed by atoms with Gasteiger partial charge in [0.15, 0.2) is 5.96 Å². The van der Waals surface area contributed by atoms with Crippen molar-refractivity contribution in [1.82, 2.24) is 15.2 Å². The van der Waals surface area contributed by atoms with Crippen LogP contribution >= 0.6 is 0 Å². The molecule has 0 radical (unpaired) electrons. The van der Waals surface area contributed by atoms with Crippen LogP contribution in [0.2, 0.25) is 0 Å². The number of hydrogen-bond donors (Lipinski definition) is 3. The van der Waals surface area contributed by atoms with Gasteiger partial charge in [0, 0.05) is 44.5 Å². The molecule has 0 bridgehead atoms. The molecule has 5 nitrogen and oxygen atoms in total. The Morgan fingerprint density at radius 2 is 2.09 bits per heavy atom. The van der Waals surface area contributed by atoms with E-state index in [0.29, 0.717) is 6.54 Å². The molecule has 1 aromatic heterocycles. The number of para-hydroxylation sites is 1. The van der Waals surface area contributed by atoms with Gasteiger partial charge < -0.3 is 20.3 Å². The fourth-order valence-electron chi connectivity index (χ4n) is 2.44. The smallest absolute Gasteiger partial charge is 0.191 e. The number of aryl methyl sites for hydroxylation is 1. The summed E-state index contributed by atoms with van der Waals surface area (Å²) < 4.78 is 2.29. The van der Waals surface area contributed by atoms with Crippen LogP contribution in [-0.4, -0.2) is 41.9 Å². The van der Waals surface area contributed by atoms with Crippen LogP contribution in [0.25, 0.3) is 10.9 Å². The molecule has 0 saturated heterocycles. The topological polar surface area (TPSA) is 61.6 Å². The fourth-order valence-corrected chi connectivity index (χ4v) is 2.44. The lowest BCUT2D eigenvalue weighted by Crippen LogP contribution is -2.38. The first-order valence-electron chi connectivity index (χ1n) is 8.41. The first-order valence-corrected chi connectivity index (χ1v) is 8.41. The molecule has 2 aromatic rings. The Labute approximate surface area is 138 Å². The van der Waals surface area contributed by atoms with Gasteiger partial charge in [-0.25, -0.2) is 0 Å². The SMILES string of the molecule is CCNC(=NCC(C)CO)NCCCn1ccc2ccccc21. The highest BCUT2D eigenvalue weighted by Gasteiger charge is 2.02. The van der Waals surface area contributed by atoms with Gasteiger partial charge in [0.1, 0.15) is 0 Å². The molecule has 126 valence electrons. The number of aliphatic imine (C=N–C) groups is 1. The second kappa shape index (κ2) is 9.20. The summed E-state index contributed by atoms with van der Waals surface area (Å²) in [5, 5.41) is 16.9. The van der Waals surface area contributed by atoms with Crippen molar-refractivity contribution in [3.63, 3.8) is 0 Å².